The van der Waals surface area contributed by atoms with Crippen LogP contribution in [-0.4, -0.2) is 51.2 Å². The maximum Gasteiger partial charge on any atom is 0.233 e. The molecule has 3 aromatic rings. The van der Waals surface area contributed by atoms with Crippen molar-refractivity contribution < 1.29 is 13.9 Å². The second kappa shape index (κ2) is 8.92. The fourth-order valence-electron chi connectivity index (χ4n) is 2.48. The van der Waals surface area contributed by atoms with Crippen molar-refractivity contribution in [1.82, 2.24) is 25.1 Å². The first-order valence-corrected chi connectivity index (χ1v) is 9.36. The van der Waals surface area contributed by atoms with Gasteiger partial charge in [0.15, 0.2) is 5.65 Å². The third kappa shape index (κ3) is 4.61. The maximum absolute atomic E-state index is 13.2. The number of hydrogen-bond acceptors (Lipinski definition) is 6. The van der Waals surface area contributed by atoms with Crippen molar-refractivity contribution in [2.45, 2.75) is 23.6 Å². The first kappa shape index (κ1) is 19.2. The SMILES string of the molecule is COCCCNC(=O)C(C)Sc1ncnc2c1cnn2-c1ccc(F)cc1. The number of carbonyl (C=O) groups is 1. The van der Waals surface area contributed by atoms with Crippen LogP contribution in [0.4, 0.5) is 4.39 Å². The fraction of sp³-hybridized carbons (Fsp3) is 0.333. The monoisotopic (exact) mass is 389 g/mol. The van der Waals surface area contributed by atoms with Crippen LogP contribution in [0.2, 0.25) is 0 Å². The molecule has 1 atom stereocenters. The summed E-state index contributed by atoms with van der Waals surface area (Å²) >= 11 is 1.35. The van der Waals surface area contributed by atoms with Gasteiger partial charge < -0.3 is 10.1 Å². The molecule has 9 heteroatoms. The number of hydrogen-bond donors (Lipinski definition) is 1. The van der Waals surface area contributed by atoms with E-state index in [-0.39, 0.29) is 17.0 Å². The van der Waals surface area contributed by atoms with E-state index in [1.807, 2.05) is 6.92 Å². The minimum atomic E-state index is -0.320. The van der Waals surface area contributed by atoms with E-state index in [2.05, 4.69) is 20.4 Å². The van der Waals surface area contributed by atoms with Gasteiger partial charge in [0.1, 0.15) is 17.2 Å². The summed E-state index contributed by atoms with van der Waals surface area (Å²) in [4.78, 5) is 20.8. The van der Waals surface area contributed by atoms with E-state index in [1.54, 1.807) is 30.1 Å². The molecule has 0 saturated heterocycles. The zero-order valence-electron chi connectivity index (χ0n) is 15.1. The fourth-order valence-corrected chi connectivity index (χ4v) is 3.38. The van der Waals surface area contributed by atoms with E-state index in [1.165, 1.54) is 30.2 Å². The van der Waals surface area contributed by atoms with Gasteiger partial charge in [-0.3, -0.25) is 4.79 Å². The molecule has 27 heavy (non-hydrogen) atoms. The van der Waals surface area contributed by atoms with Crippen molar-refractivity contribution in [1.29, 1.82) is 0 Å². The number of halogens is 1. The molecule has 1 amide bonds. The van der Waals surface area contributed by atoms with Crippen molar-refractivity contribution >= 4 is 28.7 Å². The second-order valence-corrected chi connectivity index (χ2v) is 7.18. The number of fused-ring (bicyclic) bond motifs is 1. The topological polar surface area (TPSA) is 81.9 Å². The Kier molecular flexibility index (Phi) is 6.36. The number of thioether (sulfide) groups is 1. The van der Waals surface area contributed by atoms with Crippen LogP contribution in [0.3, 0.4) is 0 Å². The molecule has 1 aromatic carbocycles. The normalized spacial score (nSPS) is 12.3. The average Bonchev–Trinajstić information content (AvgIpc) is 3.11. The van der Waals surface area contributed by atoms with Crippen molar-refractivity contribution in [3.8, 4) is 5.69 Å². The van der Waals surface area contributed by atoms with Gasteiger partial charge in [0, 0.05) is 20.3 Å². The summed E-state index contributed by atoms with van der Waals surface area (Å²) in [7, 11) is 1.63. The molecule has 0 bridgehead atoms. The molecule has 3 rings (SSSR count). The molecular formula is C18H20FN5O2S. The first-order chi connectivity index (χ1) is 13.1. The number of ether oxygens (including phenoxy) is 1. The van der Waals surface area contributed by atoms with Crippen LogP contribution >= 0.6 is 11.8 Å². The largest absolute Gasteiger partial charge is 0.385 e. The summed E-state index contributed by atoms with van der Waals surface area (Å²) in [5.41, 5.74) is 1.30. The molecule has 0 aliphatic rings. The minimum Gasteiger partial charge on any atom is -0.385 e. The van der Waals surface area contributed by atoms with Crippen LogP contribution in [0.5, 0.6) is 0 Å². The summed E-state index contributed by atoms with van der Waals surface area (Å²) in [5, 5.41) is 8.32. The number of amides is 1. The first-order valence-electron chi connectivity index (χ1n) is 8.48. The molecule has 142 valence electrons. The molecule has 0 radical (unpaired) electrons. The molecule has 0 fully saturated rings. The van der Waals surface area contributed by atoms with E-state index in [4.69, 9.17) is 4.74 Å². The molecule has 0 spiro atoms. The van der Waals surface area contributed by atoms with Gasteiger partial charge >= 0.3 is 0 Å². The number of benzene rings is 1. The van der Waals surface area contributed by atoms with Gasteiger partial charge in [-0.05, 0) is 37.6 Å². The van der Waals surface area contributed by atoms with Gasteiger partial charge in [0.05, 0.1) is 22.5 Å². The molecule has 0 saturated carbocycles. The van der Waals surface area contributed by atoms with Crippen molar-refractivity contribution in [2.75, 3.05) is 20.3 Å². The van der Waals surface area contributed by atoms with Gasteiger partial charge in [-0.25, -0.2) is 19.0 Å². The lowest BCUT2D eigenvalue weighted by Gasteiger charge is -2.11. The summed E-state index contributed by atoms with van der Waals surface area (Å²) in [6.07, 6.45) is 3.86. The third-order valence-electron chi connectivity index (χ3n) is 3.88. The number of methoxy groups -OCH3 is 1. The summed E-state index contributed by atoms with van der Waals surface area (Å²) in [6, 6.07) is 6.00. The Bertz CT molecular complexity index is 916. The van der Waals surface area contributed by atoms with Crippen molar-refractivity contribution in [2.24, 2.45) is 0 Å². The molecular weight excluding hydrogens is 369 g/mol. The predicted molar refractivity (Wildman–Crippen MR) is 101 cm³/mol. The number of carbonyl (C=O) groups excluding carboxylic acids is 1. The van der Waals surface area contributed by atoms with Crippen LogP contribution in [0.15, 0.2) is 41.8 Å². The van der Waals surface area contributed by atoms with Gasteiger partial charge in [-0.1, -0.05) is 11.8 Å². The van der Waals surface area contributed by atoms with Crippen LogP contribution in [-0.2, 0) is 9.53 Å². The van der Waals surface area contributed by atoms with Gasteiger partial charge in [-0.2, -0.15) is 5.10 Å². The Morgan fingerprint density at radius 3 is 2.85 bits per heavy atom. The van der Waals surface area contributed by atoms with Crippen LogP contribution < -0.4 is 5.32 Å². The molecule has 1 N–H and O–H groups in total. The lowest BCUT2D eigenvalue weighted by atomic mass is 10.3. The zero-order valence-corrected chi connectivity index (χ0v) is 15.9. The third-order valence-corrected chi connectivity index (χ3v) is 5.00. The number of aromatic nitrogens is 4. The molecule has 7 nitrogen and oxygen atoms in total. The van der Waals surface area contributed by atoms with Gasteiger partial charge in [0.2, 0.25) is 5.91 Å². The quantitative estimate of drug-likeness (QED) is 0.362. The standard InChI is InChI=1S/C18H20FN5O2S/c1-12(17(25)20-8-3-9-26-2)27-18-15-10-23-24(16(15)21-11-22-18)14-6-4-13(19)5-7-14/h4-7,10-12H,3,8-9H2,1-2H3,(H,20,25). The number of nitrogens with zero attached hydrogens (tertiary/aromatic N) is 4. The lowest BCUT2D eigenvalue weighted by molar-refractivity contribution is -0.120. The Morgan fingerprint density at radius 1 is 1.33 bits per heavy atom. The number of rotatable bonds is 8. The highest BCUT2D eigenvalue weighted by molar-refractivity contribution is 8.00. The molecule has 0 aliphatic carbocycles. The smallest absolute Gasteiger partial charge is 0.233 e. The summed E-state index contributed by atoms with van der Waals surface area (Å²) in [6.45, 7) is 3.00. The average molecular weight is 389 g/mol. The highest BCUT2D eigenvalue weighted by atomic mass is 32.2. The van der Waals surface area contributed by atoms with Crippen molar-refractivity contribution in [3.63, 3.8) is 0 Å². The zero-order chi connectivity index (χ0) is 19.2. The maximum atomic E-state index is 13.2. The van der Waals surface area contributed by atoms with E-state index in [9.17, 15) is 9.18 Å². The van der Waals surface area contributed by atoms with Crippen LogP contribution in [0.1, 0.15) is 13.3 Å². The molecule has 1 unspecified atom stereocenters. The Hall–Kier alpha value is -2.52. The molecule has 0 aliphatic heterocycles. The molecule has 2 aromatic heterocycles. The second-order valence-electron chi connectivity index (χ2n) is 5.85. The highest BCUT2D eigenvalue weighted by Gasteiger charge is 2.18. The molecule has 2 heterocycles. The number of nitrogens with one attached hydrogen (secondary N) is 1. The summed E-state index contributed by atoms with van der Waals surface area (Å²) < 4.78 is 19.7. The van der Waals surface area contributed by atoms with E-state index in [0.717, 1.165) is 11.8 Å². The predicted octanol–water partition coefficient (Wildman–Crippen LogP) is 2.59. The highest BCUT2D eigenvalue weighted by Crippen LogP contribution is 2.28. The van der Waals surface area contributed by atoms with E-state index < -0.39 is 0 Å². The Labute approximate surface area is 160 Å². The Morgan fingerprint density at radius 2 is 2.11 bits per heavy atom. The Balaban J connectivity index is 1.76. The van der Waals surface area contributed by atoms with Gasteiger partial charge in [0.25, 0.3) is 0 Å². The summed E-state index contributed by atoms with van der Waals surface area (Å²) in [5.74, 6) is -0.375. The minimum absolute atomic E-state index is 0.0613. The lowest BCUT2D eigenvalue weighted by Crippen LogP contribution is -2.32. The van der Waals surface area contributed by atoms with Gasteiger partial charge in [-0.15, -0.1) is 0 Å². The van der Waals surface area contributed by atoms with E-state index >= 15 is 0 Å². The van der Waals surface area contributed by atoms with E-state index in [0.29, 0.717) is 29.5 Å². The van der Waals surface area contributed by atoms with Crippen LogP contribution in [0.25, 0.3) is 16.7 Å². The van der Waals surface area contributed by atoms with Crippen molar-refractivity contribution in [3.05, 3.63) is 42.6 Å². The van der Waals surface area contributed by atoms with Crippen LogP contribution in [0, 0.1) is 5.82 Å².